The molecule has 0 aliphatic rings. The summed E-state index contributed by atoms with van der Waals surface area (Å²) in [5.41, 5.74) is 7.30. The minimum absolute atomic E-state index is 0. The minimum atomic E-state index is -0.0273. The van der Waals surface area contributed by atoms with Crippen molar-refractivity contribution < 1.29 is 9.32 Å². The number of halogens is 1. The molecule has 6 heteroatoms. The molecule has 1 aromatic heterocycles. The van der Waals surface area contributed by atoms with Crippen LogP contribution in [-0.2, 0) is 11.2 Å². The molecule has 0 bridgehead atoms. The van der Waals surface area contributed by atoms with Crippen LogP contribution in [0.5, 0.6) is 0 Å². The Labute approximate surface area is 120 Å². The molecular weight excluding hydrogens is 266 g/mol. The number of nitrogens with one attached hydrogen (secondary N) is 1. The fraction of sp³-hybridized carbons (Fsp3) is 0.692. The third kappa shape index (κ3) is 5.61. The van der Waals surface area contributed by atoms with Gasteiger partial charge in [0.25, 0.3) is 0 Å². The highest BCUT2D eigenvalue weighted by Gasteiger charge is 2.16. The van der Waals surface area contributed by atoms with E-state index in [0.29, 0.717) is 24.6 Å². The summed E-state index contributed by atoms with van der Waals surface area (Å²) in [6, 6.07) is 0.0398. The van der Waals surface area contributed by atoms with Gasteiger partial charge in [-0.1, -0.05) is 19.0 Å². The van der Waals surface area contributed by atoms with Gasteiger partial charge in [0, 0.05) is 18.2 Å². The molecule has 1 unspecified atom stereocenters. The second kappa shape index (κ2) is 8.17. The molecular formula is C13H24ClN3O2. The number of amides is 1. The van der Waals surface area contributed by atoms with E-state index < -0.39 is 0 Å². The molecule has 0 spiro atoms. The summed E-state index contributed by atoms with van der Waals surface area (Å²) in [6.07, 6.45) is 1.19. The lowest BCUT2D eigenvalue weighted by Gasteiger charge is -2.18. The first-order chi connectivity index (χ1) is 8.43. The van der Waals surface area contributed by atoms with Gasteiger partial charge in [-0.15, -0.1) is 12.4 Å². The van der Waals surface area contributed by atoms with Gasteiger partial charge in [-0.3, -0.25) is 4.79 Å². The van der Waals surface area contributed by atoms with Gasteiger partial charge in [0.05, 0.1) is 12.1 Å². The normalized spacial score (nSPS) is 12.1. The second-order valence-corrected chi connectivity index (χ2v) is 5.11. The lowest BCUT2D eigenvalue weighted by Crippen LogP contribution is -2.41. The number of carbonyl (C=O) groups is 1. The molecule has 0 saturated heterocycles. The number of carbonyl (C=O) groups excluding carboxylic acids is 1. The number of rotatable bonds is 6. The van der Waals surface area contributed by atoms with Crippen LogP contribution in [0, 0.1) is 19.8 Å². The SMILES string of the molecule is Cc1noc(C)c1CC(=O)NC(CN)CC(C)C.Cl. The van der Waals surface area contributed by atoms with Crippen LogP contribution >= 0.6 is 12.4 Å². The first-order valence-corrected chi connectivity index (χ1v) is 6.35. The molecule has 0 radical (unpaired) electrons. The Balaban J connectivity index is 0.00000324. The van der Waals surface area contributed by atoms with Gasteiger partial charge in [0.15, 0.2) is 0 Å². The van der Waals surface area contributed by atoms with Gasteiger partial charge in [0.1, 0.15) is 5.76 Å². The topological polar surface area (TPSA) is 81.2 Å². The maximum atomic E-state index is 11.9. The summed E-state index contributed by atoms with van der Waals surface area (Å²) < 4.78 is 5.04. The molecule has 19 heavy (non-hydrogen) atoms. The van der Waals surface area contributed by atoms with Gasteiger partial charge in [-0.05, 0) is 26.2 Å². The van der Waals surface area contributed by atoms with Gasteiger partial charge in [-0.25, -0.2) is 0 Å². The van der Waals surface area contributed by atoms with Crippen molar-refractivity contribution in [1.29, 1.82) is 0 Å². The fourth-order valence-electron chi connectivity index (χ4n) is 1.98. The highest BCUT2D eigenvalue weighted by atomic mass is 35.5. The first kappa shape index (κ1) is 17.9. The van der Waals surface area contributed by atoms with E-state index in [4.69, 9.17) is 10.3 Å². The van der Waals surface area contributed by atoms with Crippen molar-refractivity contribution in [3.63, 3.8) is 0 Å². The number of hydrogen-bond acceptors (Lipinski definition) is 4. The average molecular weight is 290 g/mol. The van der Waals surface area contributed by atoms with E-state index in [9.17, 15) is 4.79 Å². The maximum Gasteiger partial charge on any atom is 0.224 e. The van der Waals surface area contributed by atoms with Gasteiger partial charge in [-0.2, -0.15) is 0 Å². The Morgan fingerprint density at radius 3 is 2.47 bits per heavy atom. The number of aromatic nitrogens is 1. The maximum absolute atomic E-state index is 11.9. The van der Waals surface area contributed by atoms with E-state index in [1.54, 1.807) is 0 Å². The molecule has 0 aliphatic carbocycles. The average Bonchev–Trinajstić information content (AvgIpc) is 2.59. The van der Waals surface area contributed by atoms with Crippen molar-refractivity contribution in [1.82, 2.24) is 10.5 Å². The standard InChI is InChI=1S/C13H23N3O2.ClH/c1-8(2)5-11(7-14)15-13(17)6-12-9(3)16-18-10(12)4;/h8,11H,5-7,14H2,1-4H3,(H,15,17);1H. The minimum Gasteiger partial charge on any atom is -0.361 e. The van der Waals surface area contributed by atoms with Crippen molar-refractivity contribution in [3.05, 3.63) is 17.0 Å². The Morgan fingerprint density at radius 2 is 2.05 bits per heavy atom. The number of nitrogens with two attached hydrogens (primary N) is 1. The van der Waals surface area contributed by atoms with E-state index in [1.807, 2.05) is 13.8 Å². The van der Waals surface area contributed by atoms with Crippen LogP contribution in [0.15, 0.2) is 4.52 Å². The molecule has 3 N–H and O–H groups in total. The molecule has 1 atom stereocenters. The fourth-order valence-corrected chi connectivity index (χ4v) is 1.98. The van der Waals surface area contributed by atoms with Crippen LogP contribution in [-0.4, -0.2) is 23.7 Å². The molecule has 0 aromatic carbocycles. The van der Waals surface area contributed by atoms with Crippen LogP contribution < -0.4 is 11.1 Å². The third-order valence-electron chi connectivity index (χ3n) is 2.92. The van der Waals surface area contributed by atoms with Gasteiger partial charge in [0.2, 0.25) is 5.91 Å². The van der Waals surface area contributed by atoms with Crippen LogP contribution in [0.25, 0.3) is 0 Å². The number of hydrogen-bond donors (Lipinski definition) is 2. The molecule has 110 valence electrons. The smallest absolute Gasteiger partial charge is 0.224 e. The van der Waals surface area contributed by atoms with E-state index in [0.717, 1.165) is 17.7 Å². The summed E-state index contributed by atoms with van der Waals surface area (Å²) in [5, 5.41) is 6.79. The quantitative estimate of drug-likeness (QED) is 0.836. The highest BCUT2D eigenvalue weighted by Crippen LogP contribution is 2.13. The van der Waals surface area contributed by atoms with Crippen LogP contribution in [0.2, 0.25) is 0 Å². The molecule has 1 aromatic rings. The van der Waals surface area contributed by atoms with E-state index in [-0.39, 0.29) is 24.4 Å². The summed E-state index contributed by atoms with van der Waals surface area (Å²) in [7, 11) is 0. The zero-order chi connectivity index (χ0) is 13.7. The van der Waals surface area contributed by atoms with Crippen molar-refractivity contribution in [3.8, 4) is 0 Å². The molecule has 1 rings (SSSR count). The largest absolute Gasteiger partial charge is 0.361 e. The monoisotopic (exact) mass is 289 g/mol. The van der Waals surface area contributed by atoms with Gasteiger partial charge < -0.3 is 15.6 Å². The van der Waals surface area contributed by atoms with Crippen LogP contribution in [0.1, 0.15) is 37.3 Å². The van der Waals surface area contributed by atoms with E-state index in [2.05, 4.69) is 24.3 Å². The summed E-state index contributed by atoms with van der Waals surface area (Å²) in [4.78, 5) is 11.9. The summed E-state index contributed by atoms with van der Waals surface area (Å²) >= 11 is 0. The zero-order valence-corrected chi connectivity index (χ0v) is 12.8. The van der Waals surface area contributed by atoms with Crippen LogP contribution in [0.4, 0.5) is 0 Å². The zero-order valence-electron chi connectivity index (χ0n) is 12.0. The Morgan fingerprint density at radius 1 is 1.42 bits per heavy atom. The molecule has 1 amide bonds. The molecule has 5 nitrogen and oxygen atoms in total. The molecule has 0 saturated carbocycles. The number of aryl methyl sites for hydroxylation is 2. The van der Waals surface area contributed by atoms with Crippen molar-refractivity contribution in [2.24, 2.45) is 11.7 Å². The Hall–Kier alpha value is -1.07. The third-order valence-corrected chi connectivity index (χ3v) is 2.92. The van der Waals surface area contributed by atoms with E-state index in [1.165, 1.54) is 0 Å². The van der Waals surface area contributed by atoms with Crippen molar-refractivity contribution >= 4 is 18.3 Å². The molecule has 0 fully saturated rings. The van der Waals surface area contributed by atoms with E-state index >= 15 is 0 Å². The molecule has 0 aliphatic heterocycles. The second-order valence-electron chi connectivity index (χ2n) is 5.11. The number of nitrogens with zero attached hydrogens (tertiary/aromatic N) is 1. The van der Waals surface area contributed by atoms with Gasteiger partial charge >= 0.3 is 0 Å². The summed E-state index contributed by atoms with van der Waals surface area (Å²) in [6.45, 7) is 8.35. The lowest BCUT2D eigenvalue weighted by molar-refractivity contribution is -0.121. The van der Waals surface area contributed by atoms with Crippen molar-refractivity contribution in [2.75, 3.05) is 6.54 Å². The molecule has 1 heterocycles. The highest BCUT2D eigenvalue weighted by molar-refractivity contribution is 5.85. The summed E-state index contributed by atoms with van der Waals surface area (Å²) in [5.74, 6) is 1.19. The lowest BCUT2D eigenvalue weighted by atomic mass is 10.0. The Bertz CT molecular complexity index is 385. The van der Waals surface area contributed by atoms with Crippen molar-refractivity contribution in [2.45, 2.75) is 46.6 Å². The predicted molar refractivity (Wildman–Crippen MR) is 77.4 cm³/mol. The Kier molecular flexibility index (Phi) is 7.71. The van der Waals surface area contributed by atoms with Crippen LogP contribution in [0.3, 0.4) is 0 Å². The predicted octanol–water partition coefficient (Wildman–Crippen LogP) is 1.75. The first-order valence-electron chi connectivity index (χ1n) is 6.35.